The molecule has 106 valence electrons. The van der Waals surface area contributed by atoms with E-state index in [1.54, 1.807) is 7.11 Å². The maximum atomic E-state index is 5.89. The van der Waals surface area contributed by atoms with Crippen LogP contribution in [0.5, 0.6) is 11.5 Å². The van der Waals surface area contributed by atoms with Crippen molar-refractivity contribution in [1.29, 1.82) is 0 Å². The van der Waals surface area contributed by atoms with Crippen LogP contribution in [0.15, 0.2) is 24.4 Å². The van der Waals surface area contributed by atoms with Crippen molar-refractivity contribution in [2.24, 2.45) is 0 Å². The van der Waals surface area contributed by atoms with E-state index < -0.39 is 0 Å². The quantitative estimate of drug-likeness (QED) is 0.933. The van der Waals surface area contributed by atoms with Crippen molar-refractivity contribution in [3.05, 3.63) is 35.7 Å². The number of fused-ring (bicyclic) bond motifs is 1. The van der Waals surface area contributed by atoms with Crippen molar-refractivity contribution in [2.75, 3.05) is 18.6 Å². The summed E-state index contributed by atoms with van der Waals surface area (Å²) >= 11 is 0. The highest BCUT2D eigenvalue weighted by atomic mass is 16.5. The summed E-state index contributed by atoms with van der Waals surface area (Å²) in [5.74, 6) is 1.75. The fourth-order valence-electron chi connectivity index (χ4n) is 2.52. The van der Waals surface area contributed by atoms with E-state index in [2.05, 4.69) is 22.0 Å². The molecule has 5 nitrogen and oxygen atoms in total. The molecule has 0 spiro atoms. The van der Waals surface area contributed by atoms with Crippen LogP contribution >= 0.6 is 0 Å². The summed E-state index contributed by atoms with van der Waals surface area (Å²) < 4.78 is 11.2. The lowest BCUT2D eigenvalue weighted by Crippen LogP contribution is -2.38. The number of aryl methyl sites for hydroxylation is 1. The maximum absolute atomic E-state index is 5.89. The molecule has 2 aromatic rings. The molecule has 2 heterocycles. The number of nitrogens with zero attached hydrogens (tertiary/aromatic N) is 2. The average molecular weight is 273 g/mol. The largest absolute Gasteiger partial charge is 0.497 e. The van der Waals surface area contributed by atoms with Crippen LogP contribution in [0.3, 0.4) is 0 Å². The lowest BCUT2D eigenvalue weighted by atomic mass is 10.1. The molecule has 0 bridgehead atoms. The Hall–Kier alpha value is -2.17. The molecule has 1 aromatic heterocycles. The molecule has 1 aromatic carbocycles. The topological polar surface area (TPSA) is 50.4 Å². The Bertz CT molecular complexity index is 609. The number of H-pyrrole nitrogens is 1. The predicted octanol–water partition coefficient (Wildman–Crippen LogP) is 2.51. The van der Waals surface area contributed by atoms with Gasteiger partial charge in [-0.3, -0.25) is 5.10 Å². The third kappa shape index (κ3) is 2.31. The third-order valence-corrected chi connectivity index (χ3v) is 3.61. The number of anilines is 1. The van der Waals surface area contributed by atoms with E-state index in [9.17, 15) is 0 Å². The van der Waals surface area contributed by atoms with E-state index in [-0.39, 0.29) is 6.10 Å². The number of ether oxygens (including phenoxy) is 2. The Morgan fingerprint density at radius 1 is 1.50 bits per heavy atom. The van der Waals surface area contributed by atoms with E-state index in [0.29, 0.717) is 0 Å². The van der Waals surface area contributed by atoms with Crippen LogP contribution in [0.2, 0.25) is 0 Å². The summed E-state index contributed by atoms with van der Waals surface area (Å²) in [6.45, 7) is 5.79. The van der Waals surface area contributed by atoms with E-state index in [1.165, 1.54) is 5.56 Å². The second kappa shape index (κ2) is 5.07. The van der Waals surface area contributed by atoms with Gasteiger partial charge in [-0.1, -0.05) is 0 Å². The molecule has 1 aliphatic rings. The second-order valence-electron chi connectivity index (χ2n) is 5.16. The van der Waals surface area contributed by atoms with Crippen LogP contribution in [0, 0.1) is 6.92 Å². The van der Waals surface area contributed by atoms with Gasteiger partial charge in [0.1, 0.15) is 17.6 Å². The fourth-order valence-corrected chi connectivity index (χ4v) is 2.52. The highest BCUT2D eigenvalue weighted by molar-refractivity contribution is 5.63. The van der Waals surface area contributed by atoms with Gasteiger partial charge in [-0.15, -0.1) is 0 Å². The van der Waals surface area contributed by atoms with E-state index >= 15 is 0 Å². The van der Waals surface area contributed by atoms with Gasteiger partial charge in [0, 0.05) is 23.9 Å². The van der Waals surface area contributed by atoms with Crippen molar-refractivity contribution < 1.29 is 9.47 Å². The fraction of sp³-hybridized carbons (Fsp3) is 0.400. The summed E-state index contributed by atoms with van der Waals surface area (Å²) in [6, 6.07) is 5.92. The smallest absolute Gasteiger partial charge is 0.143 e. The van der Waals surface area contributed by atoms with Gasteiger partial charge < -0.3 is 14.4 Å². The van der Waals surface area contributed by atoms with Crippen LogP contribution in [0.1, 0.15) is 18.2 Å². The minimum atomic E-state index is 0.170. The molecule has 1 N–H and O–H groups in total. The Morgan fingerprint density at radius 3 is 3.05 bits per heavy atom. The highest BCUT2D eigenvalue weighted by Crippen LogP contribution is 2.37. The first-order valence-electron chi connectivity index (χ1n) is 6.76. The van der Waals surface area contributed by atoms with Crippen molar-refractivity contribution in [3.8, 4) is 11.5 Å². The minimum absolute atomic E-state index is 0.170. The molecule has 0 saturated carbocycles. The van der Waals surface area contributed by atoms with Gasteiger partial charge in [-0.2, -0.15) is 5.10 Å². The zero-order chi connectivity index (χ0) is 14.1. The molecule has 0 unspecified atom stereocenters. The Morgan fingerprint density at radius 2 is 2.35 bits per heavy atom. The molecule has 0 radical (unpaired) electrons. The normalized spacial score (nSPS) is 17.6. The molecular weight excluding hydrogens is 254 g/mol. The summed E-state index contributed by atoms with van der Waals surface area (Å²) in [5, 5.41) is 7.07. The first kappa shape index (κ1) is 12.8. The first-order chi connectivity index (χ1) is 9.67. The zero-order valence-corrected chi connectivity index (χ0v) is 12.0. The van der Waals surface area contributed by atoms with E-state index in [1.807, 2.05) is 31.3 Å². The molecule has 5 heteroatoms. The molecule has 0 amide bonds. The lowest BCUT2D eigenvalue weighted by Gasteiger charge is -2.35. The van der Waals surface area contributed by atoms with Gasteiger partial charge in [0.2, 0.25) is 0 Å². The Labute approximate surface area is 118 Å². The summed E-state index contributed by atoms with van der Waals surface area (Å²) in [7, 11) is 1.68. The molecular formula is C15H19N3O2. The van der Waals surface area contributed by atoms with Gasteiger partial charge >= 0.3 is 0 Å². The van der Waals surface area contributed by atoms with Crippen molar-refractivity contribution in [3.63, 3.8) is 0 Å². The second-order valence-corrected chi connectivity index (χ2v) is 5.16. The molecule has 0 saturated heterocycles. The Balaban J connectivity index is 1.94. The van der Waals surface area contributed by atoms with Crippen LogP contribution in [-0.4, -0.2) is 30.0 Å². The third-order valence-electron chi connectivity index (χ3n) is 3.61. The number of aromatic nitrogens is 2. The predicted molar refractivity (Wildman–Crippen MR) is 77.5 cm³/mol. The first-order valence-corrected chi connectivity index (χ1v) is 6.76. The number of hydrogen-bond donors (Lipinski definition) is 1. The van der Waals surface area contributed by atoms with E-state index in [4.69, 9.17) is 9.47 Å². The molecule has 20 heavy (non-hydrogen) atoms. The van der Waals surface area contributed by atoms with Crippen LogP contribution in [0.25, 0.3) is 0 Å². The van der Waals surface area contributed by atoms with Crippen LogP contribution < -0.4 is 14.4 Å². The number of nitrogens with one attached hydrogen (secondary N) is 1. The number of rotatable bonds is 3. The summed E-state index contributed by atoms with van der Waals surface area (Å²) in [5.41, 5.74) is 3.38. The molecule has 3 rings (SSSR count). The summed E-state index contributed by atoms with van der Waals surface area (Å²) in [4.78, 5) is 2.31. The zero-order valence-electron chi connectivity index (χ0n) is 12.0. The van der Waals surface area contributed by atoms with Gasteiger partial charge in [-0.05, 0) is 26.0 Å². The minimum Gasteiger partial charge on any atom is -0.497 e. The van der Waals surface area contributed by atoms with Gasteiger partial charge in [0.05, 0.1) is 25.5 Å². The molecule has 1 atom stereocenters. The highest BCUT2D eigenvalue weighted by Gasteiger charge is 2.24. The van der Waals surface area contributed by atoms with Gasteiger partial charge in [-0.25, -0.2) is 0 Å². The number of methoxy groups -OCH3 is 1. The van der Waals surface area contributed by atoms with Gasteiger partial charge in [0.15, 0.2) is 0 Å². The SMILES string of the molecule is COc1ccc2c(c1)N(Cc1cn[nH]c1C)C[C@H](C)O2. The molecule has 0 aliphatic carbocycles. The Kier molecular flexibility index (Phi) is 3.26. The average Bonchev–Trinajstić information content (AvgIpc) is 2.84. The molecule has 1 aliphatic heterocycles. The standard InChI is InChI=1S/C15H19N3O2/c1-10-8-18(9-12-7-16-17-11(12)2)14-6-13(19-3)4-5-15(14)20-10/h4-7,10H,8-9H2,1-3H3,(H,16,17)/t10-/m0/s1. The van der Waals surface area contributed by atoms with Crippen molar-refractivity contribution >= 4 is 5.69 Å². The lowest BCUT2D eigenvalue weighted by molar-refractivity contribution is 0.211. The van der Waals surface area contributed by atoms with Crippen LogP contribution in [-0.2, 0) is 6.54 Å². The molecule has 0 fully saturated rings. The number of aromatic amines is 1. The maximum Gasteiger partial charge on any atom is 0.143 e. The van der Waals surface area contributed by atoms with Crippen LogP contribution in [0.4, 0.5) is 5.69 Å². The monoisotopic (exact) mass is 273 g/mol. The van der Waals surface area contributed by atoms with Crippen molar-refractivity contribution in [2.45, 2.75) is 26.5 Å². The van der Waals surface area contributed by atoms with Gasteiger partial charge in [0.25, 0.3) is 0 Å². The van der Waals surface area contributed by atoms with Crippen molar-refractivity contribution in [1.82, 2.24) is 10.2 Å². The number of hydrogen-bond acceptors (Lipinski definition) is 4. The van der Waals surface area contributed by atoms with E-state index in [0.717, 1.165) is 36.0 Å². The number of benzene rings is 1. The summed E-state index contributed by atoms with van der Waals surface area (Å²) in [6.07, 6.45) is 2.05.